The molecule has 0 fully saturated rings. The Morgan fingerprint density at radius 2 is 1.88 bits per heavy atom. The number of benzene rings is 1. The summed E-state index contributed by atoms with van der Waals surface area (Å²) in [4.78, 5) is 46.3. The van der Waals surface area contributed by atoms with Gasteiger partial charge in [0.25, 0.3) is 5.69 Å². The van der Waals surface area contributed by atoms with E-state index in [2.05, 4.69) is 26.2 Å². The number of nitrogens with one attached hydrogen (secondary N) is 1. The molecular weight excluding hydrogens is 488 g/mol. The molecule has 8 nitrogen and oxygen atoms in total. The molecule has 1 aromatic carbocycles. The number of hydrogen-bond donors (Lipinski definition) is 1. The first-order chi connectivity index (χ1) is 15.6. The van der Waals surface area contributed by atoms with Crippen LogP contribution < -0.4 is 5.32 Å². The van der Waals surface area contributed by atoms with Crippen molar-refractivity contribution < 1.29 is 14.5 Å². The Bertz CT molecular complexity index is 1200. The number of carbonyl (C=O) groups is 2. The molecule has 33 heavy (non-hydrogen) atoms. The summed E-state index contributed by atoms with van der Waals surface area (Å²) in [6.45, 7) is 5.84. The molecule has 4 rings (SSSR count). The van der Waals surface area contributed by atoms with Crippen LogP contribution in [0.25, 0.3) is 0 Å². The molecule has 2 atom stereocenters. The molecule has 2 heterocycles. The first-order valence-corrected chi connectivity index (χ1v) is 11.3. The van der Waals surface area contributed by atoms with Gasteiger partial charge in [0, 0.05) is 52.1 Å². The van der Waals surface area contributed by atoms with E-state index in [1.54, 1.807) is 37.4 Å². The number of non-ortho nitro benzene ring substituents is 1. The Morgan fingerprint density at radius 3 is 2.48 bits per heavy atom. The fourth-order valence-electron chi connectivity index (χ4n) is 4.60. The van der Waals surface area contributed by atoms with Crippen LogP contribution in [0, 0.1) is 21.4 Å². The lowest BCUT2D eigenvalue weighted by Crippen LogP contribution is -2.41. The number of pyridine rings is 1. The Balaban J connectivity index is 1.79. The van der Waals surface area contributed by atoms with Gasteiger partial charge in [0.15, 0.2) is 5.78 Å². The first kappa shape index (κ1) is 23.0. The highest BCUT2D eigenvalue weighted by molar-refractivity contribution is 9.10. The van der Waals surface area contributed by atoms with Crippen molar-refractivity contribution in [3.05, 3.63) is 74.0 Å². The number of nitrogens with zero attached hydrogens (tertiary/aromatic N) is 3. The van der Waals surface area contributed by atoms with Crippen molar-refractivity contribution in [2.45, 2.75) is 39.5 Å². The van der Waals surface area contributed by atoms with Crippen LogP contribution in [-0.2, 0) is 9.59 Å². The van der Waals surface area contributed by atoms with E-state index in [-0.39, 0.29) is 22.8 Å². The van der Waals surface area contributed by atoms with Crippen LogP contribution in [0.15, 0.2) is 63.3 Å². The zero-order valence-corrected chi connectivity index (χ0v) is 20.0. The fourth-order valence-corrected chi connectivity index (χ4v) is 4.84. The van der Waals surface area contributed by atoms with Crippen LogP contribution in [0.3, 0.4) is 0 Å². The van der Waals surface area contributed by atoms with Crippen molar-refractivity contribution in [2.75, 3.05) is 5.32 Å². The molecule has 1 aliphatic heterocycles. The van der Waals surface area contributed by atoms with Gasteiger partial charge in [0.1, 0.15) is 5.82 Å². The van der Waals surface area contributed by atoms with E-state index in [0.717, 1.165) is 4.47 Å². The number of aromatic nitrogens is 1. The Hall–Kier alpha value is -3.20. The first-order valence-electron chi connectivity index (χ1n) is 10.5. The topological polar surface area (TPSA) is 115 Å². The minimum atomic E-state index is -0.749. The van der Waals surface area contributed by atoms with Crippen LogP contribution in [-0.4, -0.2) is 27.3 Å². The molecule has 1 unspecified atom stereocenters. The number of aliphatic imine (C=N–C) groups is 1. The predicted molar refractivity (Wildman–Crippen MR) is 128 cm³/mol. The van der Waals surface area contributed by atoms with E-state index in [1.165, 1.54) is 12.1 Å². The zero-order valence-electron chi connectivity index (χ0n) is 18.5. The molecule has 0 spiro atoms. The number of carbonyl (C=O) groups excluding carboxylic acids is 2. The number of hydrogen-bond acceptors (Lipinski definition) is 6. The third-order valence-electron chi connectivity index (χ3n) is 6.03. The molecule has 1 aromatic heterocycles. The van der Waals surface area contributed by atoms with Crippen molar-refractivity contribution >= 4 is 44.8 Å². The maximum absolute atomic E-state index is 13.4. The number of amides is 1. The lowest BCUT2D eigenvalue weighted by atomic mass is 9.66. The van der Waals surface area contributed by atoms with Gasteiger partial charge >= 0.3 is 0 Å². The number of allylic oxidation sites excluding steroid dienone is 2. The van der Waals surface area contributed by atoms with Gasteiger partial charge in [-0.2, -0.15) is 0 Å². The van der Waals surface area contributed by atoms with Crippen LogP contribution in [0.4, 0.5) is 11.5 Å². The second-order valence-corrected chi connectivity index (χ2v) is 10.1. The average Bonchev–Trinajstić information content (AvgIpc) is 2.73. The third kappa shape index (κ3) is 4.64. The fraction of sp³-hybridized carbons (Fsp3) is 0.333. The summed E-state index contributed by atoms with van der Waals surface area (Å²) in [5.74, 6) is -1.33. The standard InChI is InChI=1S/C24H23BrN4O4/c1-13-20(23(31)28-19-9-6-15(25)12-26-19)21(14-4-7-16(8-5-14)29(32)33)22-17(27-13)10-24(2,3)11-18(22)30/h4-9,12,20-21H,10-11H2,1-3H3,(H,26,28,31)/t20?,21-/m0/s1. The molecule has 2 aromatic rings. The number of rotatable bonds is 4. The average molecular weight is 511 g/mol. The number of halogens is 1. The van der Waals surface area contributed by atoms with E-state index in [0.29, 0.717) is 41.2 Å². The van der Waals surface area contributed by atoms with E-state index in [1.807, 2.05) is 13.8 Å². The van der Waals surface area contributed by atoms with Gasteiger partial charge in [-0.1, -0.05) is 26.0 Å². The van der Waals surface area contributed by atoms with Crippen molar-refractivity contribution in [3.8, 4) is 0 Å². The minimum Gasteiger partial charge on any atom is -0.310 e. The smallest absolute Gasteiger partial charge is 0.269 e. The van der Waals surface area contributed by atoms with E-state index < -0.39 is 16.8 Å². The Labute approximate surface area is 199 Å². The van der Waals surface area contributed by atoms with Crippen molar-refractivity contribution in [1.82, 2.24) is 4.98 Å². The normalized spacial score (nSPS) is 21.8. The molecule has 170 valence electrons. The van der Waals surface area contributed by atoms with Crippen molar-refractivity contribution in [1.29, 1.82) is 0 Å². The molecular formula is C24H23BrN4O4. The number of ketones is 1. The van der Waals surface area contributed by atoms with E-state index >= 15 is 0 Å². The van der Waals surface area contributed by atoms with Gasteiger partial charge in [-0.25, -0.2) is 4.98 Å². The van der Waals surface area contributed by atoms with Crippen molar-refractivity contribution in [2.24, 2.45) is 16.3 Å². The zero-order chi connectivity index (χ0) is 23.9. The summed E-state index contributed by atoms with van der Waals surface area (Å²) in [5.41, 5.74) is 2.21. The van der Waals surface area contributed by atoms with E-state index in [4.69, 9.17) is 4.99 Å². The molecule has 2 aliphatic rings. The molecule has 0 saturated carbocycles. The minimum absolute atomic E-state index is 0.0413. The van der Waals surface area contributed by atoms with Gasteiger partial charge in [0.2, 0.25) is 5.91 Å². The largest absolute Gasteiger partial charge is 0.310 e. The lowest BCUT2D eigenvalue weighted by Gasteiger charge is -2.39. The van der Waals surface area contributed by atoms with Gasteiger partial charge < -0.3 is 5.32 Å². The molecule has 0 saturated heterocycles. The Kier molecular flexibility index (Phi) is 6.00. The number of nitro benzene ring substituents is 1. The van der Waals surface area contributed by atoms with E-state index in [9.17, 15) is 19.7 Å². The predicted octanol–water partition coefficient (Wildman–Crippen LogP) is 5.21. The van der Waals surface area contributed by atoms with Crippen molar-refractivity contribution in [3.63, 3.8) is 0 Å². The van der Waals surface area contributed by atoms with Gasteiger partial charge in [0.05, 0.1) is 10.8 Å². The summed E-state index contributed by atoms with van der Waals surface area (Å²) in [5, 5.41) is 14.0. The molecule has 9 heteroatoms. The highest BCUT2D eigenvalue weighted by atomic mass is 79.9. The van der Waals surface area contributed by atoms with Crippen LogP contribution >= 0.6 is 15.9 Å². The highest BCUT2D eigenvalue weighted by Gasteiger charge is 2.45. The molecule has 1 aliphatic carbocycles. The highest BCUT2D eigenvalue weighted by Crippen LogP contribution is 2.48. The summed E-state index contributed by atoms with van der Waals surface area (Å²) >= 11 is 3.32. The van der Waals surface area contributed by atoms with Gasteiger partial charge in [-0.15, -0.1) is 0 Å². The molecule has 0 bridgehead atoms. The summed E-state index contributed by atoms with van der Waals surface area (Å²) in [6.07, 6.45) is 2.56. The van der Waals surface area contributed by atoms with Crippen LogP contribution in [0.2, 0.25) is 0 Å². The van der Waals surface area contributed by atoms with Crippen LogP contribution in [0.1, 0.15) is 45.1 Å². The Morgan fingerprint density at radius 1 is 1.18 bits per heavy atom. The monoisotopic (exact) mass is 510 g/mol. The molecule has 1 N–H and O–H groups in total. The number of nitro groups is 1. The van der Waals surface area contributed by atoms with Crippen LogP contribution in [0.5, 0.6) is 0 Å². The quantitative estimate of drug-likeness (QED) is 0.447. The maximum atomic E-state index is 13.4. The second-order valence-electron chi connectivity index (χ2n) is 9.21. The summed E-state index contributed by atoms with van der Waals surface area (Å²) < 4.78 is 0.782. The maximum Gasteiger partial charge on any atom is 0.269 e. The van der Waals surface area contributed by atoms with Gasteiger partial charge in [-0.05, 0) is 52.4 Å². The number of Topliss-reactive ketones (excluding diaryl/α,β-unsaturated/α-hetero) is 1. The SMILES string of the molecule is CC1=NC2=C(C(=O)CC(C)(C)C2)[C@@H](c2ccc([N+](=O)[O-])cc2)C1C(=O)Nc1ccc(Br)cn1. The van der Waals surface area contributed by atoms with Gasteiger partial charge in [-0.3, -0.25) is 24.7 Å². The summed E-state index contributed by atoms with van der Waals surface area (Å²) in [7, 11) is 0. The lowest BCUT2D eigenvalue weighted by molar-refractivity contribution is -0.384. The number of anilines is 1. The molecule has 1 amide bonds. The second kappa shape index (κ2) is 8.62. The third-order valence-corrected chi connectivity index (χ3v) is 6.50. The summed E-state index contributed by atoms with van der Waals surface area (Å²) in [6, 6.07) is 9.50. The molecule has 0 radical (unpaired) electrons.